The van der Waals surface area contributed by atoms with Crippen LogP contribution in [0.3, 0.4) is 0 Å². The largest absolute Gasteiger partial charge is 0.497 e. The van der Waals surface area contributed by atoms with E-state index in [1.54, 1.807) is 26.4 Å². The van der Waals surface area contributed by atoms with Crippen molar-refractivity contribution in [1.29, 1.82) is 0 Å². The predicted molar refractivity (Wildman–Crippen MR) is 129 cm³/mol. The van der Waals surface area contributed by atoms with Crippen LogP contribution in [0, 0.1) is 11.8 Å². The molecule has 2 aromatic carbocycles. The van der Waals surface area contributed by atoms with Crippen LogP contribution < -0.4 is 9.47 Å². The molecule has 0 spiro atoms. The molecule has 2 aliphatic carbocycles. The first kappa shape index (κ1) is 23.6. The lowest BCUT2D eigenvalue weighted by Gasteiger charge is -2.20. The van der Waals surface area contributed by atoms with Gasteiger partial charge in [-0.25, -0.2) is 9.59 Å². The molecule has 0 bridgehead atoms. The molecule has 2 saturated carbocycles. The number of esters is 2. The van der Waals surface area contributed by atoms with Gasteiger partial charge in [0.1, 0.15) is 23.7 Å². The Labute approximate surface area is 200 Å². The van der Waals surface area contributed by atoms with Crippen LogP contribution in [0.15, 0.2) is 60.7 Å². The second kappa shape index (κ2) is 11.1. The third-order valence-corrected chi connectivity index (χ3v) is 6.66. The maximum Gasteiger partial charge on any atom is 0.331 e. The maximum absolute atomic E-state index is 12.4. The van der Waals surface area contributed by atoms with Gasteiger partial charge in [0.25, 0.3) is 0 Å². The fourth-order valence-corrected chi connectivity index (χ4v) is 4.92. The van der Waals surface area contributed by atoms with E-state index in [1.807, 2.05) is 48.5 Å². The van der Waals surface area contributed by atoms with Crippen molar-refractivity contribution in [3.63, 3.8) is 0 Å². The summed E-state index contributed by atoms with van der Waals surface area (Å²) in [6.07, 6.45) is 9.53. The van der Waals surface area contributed by atoms with E-state index in [1.165, 1.54) is 12.2 Å². The first-order chi connectivity index (χ1) is 16.6. The molecule has 34 heavy (non-hydrogen) atoms. The Kier molecular flexibility index (Phi) is 7.68. The number of hydrogen-bond donors (Lipinski definition) is 0. The Hall–Kier alpha value is -3.54. The lowest BCUT2D eigenvalue weighted by molar-refractivity contribution is -0.147. The van der Waals surface area contributed by atoms with Gasteiger partial charge in [-0.1, -0.05) is 24.3 Å². The molecule has 2 aromatic rings. The smallest absolute Gasteiger partial charge is 0.331 e. The number of methoxy groups -OCH3 is 2. The van der Waals surface area contributed by atoms with E-state index in [9.17, 15) is 9.59 Å². The van der Waals surface area contributed by atoms with Crippen LogP contribution in [0.25, 0.3) is 12.2 Å². The Bertz CT molecular complexity index is 952. The summed E-state index contributed by atoms with van der Waals surface area (Å²) < 4.78 is 21.8. The number of carbonyl (C=O) groups is 2. The zero-order valence-electron chi connectivity index (χ0n) is 19.5. The summed E-state index contributed by atoms with van der Waals surface area (Å²) in [4.78, 5) is 24.7. The summed E-state index contributed by atoms with van der Waals surface area (Å²) in [5.41, 5.74) is 1.80. The summed E-state index contributed by atoms with van der Waals surface area (Å²) in [5, 5.41) is 0. The number of fused-ring (bicyclic) bond motifs is 1. The summed E-state index contributed by atoms with van der Waals surface area (Å²) in [6.45, 7) is 0. The van der Waals surface area contributed by atoms with Crippen molar-refractivity contribution in [2.75, 3.05) is 14.2 Å². The quantitative estimate of drug-likeness (QED) is 0.403. The highest BCUT2D eigenvalue weighted by Gasteiger charge is 2.47. The lowest BCUT2D eigenvalue weighted by Crippen LogP contribution is -2.25. The Balaban J connectivity index is 1.26. The molecule has 0 unspecified atom stereocenters. The van der Waals surface area contributed by atoms with E-state index < -0.39 is 0 Å². The lowest BCUT2D eigenvalue weighted by atomic mass is 9.98. The summed E-state index contributed by atoms with van der Waals surface area (Å²) in [5.74, 6) is 1.32. The molecule has 6 nitrogen and oxygen atoms in total. The van der Waals surface area contributed by atoms with Gasteiger partial charge in [-0.15, -0.1) is 0 Å². The van der Waals surface area contributed by atoms with E-state index >= 15 is 0 Å². The summed E-state index contributed by atoms with van der Waals surface area (Å²) in [6, 6.07) is 14.9. The van der Waals surface area contributed by atoms with Gasteiger partial charge in [0.2, 0.25) is 0 Å². The molecule has 0 saturated heterocycles. The molecule has 178 valence electrons. The van der Waals surface area contributed by atoms with Gasteiger partial charge < -0.3 is 18.9 Å². The second-order valence-corrected chi connectivity index (χ2v) is 8.65. The van der Waals surface area contributed by atoms with E-state index in [0.29, 0.717) is 0 Å². The molecule has 2 fully saturated rings. The third kappa shape index (κ3) is 5.87. The molecule has 0 heterocycles. The number of ether oxygens (including phenoxy) is 4. The van der Waals surface area contributed by atoms with Gasteiger partial charge in [0.15, 0.2) is 0 Å². The van der Waals surface area contributed by atoms with Crippen LogP contribution in [0.5, 0.6) is 11.5 Å². The van der Waals surface area contributed by atoms with E-state index in [0.717, 1.165) is 48.3 Å². The molecule has 0 aliphatic heterocycles. The highest BCUT2D eigenvalue weighted by molar-refractivity contribution is 5.87. The van der Waals surface area contributed by atoms with Gasteiger partial charge >= 0.3 is 11.9 Å². The SMILES string of the molecule is COc1ccc(C=CC(=O)O[C@H]2CC[C@H]3[C@@H]2CC[C@H]3OC(=O)C=Cc2ccc(OC)cc2)cc1. The molecule has 0 aromatic heterocycles. The predicted octanol–water partition coefficient (Wildman–Crippen LogP) is 5.07. The van der Waals surface area contributed by atoms with Crippen LogP contribution in [0.2, 0.25) is 0 Å². The molecule has 2 aliphatic rings. The van der Waals surface area contributed by atoms with Crippen molar-refractivity contribution < 1.29 is 28.5 Å². The minimum atomic E-state index is -0.343. The van der Waals surface area contributed by atoms with E-state index in [4.69, 9.17) is 18.9 Å². The Morgan fingerprint density at radius 3 is 1.38 bits per heavy atom. The number of rotatable bonds is 8. The topological polar surface area (TPSA) is 71.1 Å². The minimum Gasteiger partial charge on any atom is -0.497 e. The number of carbonyl (C=O) groups excluding carboxylic acids is 2. The zero-order chi connectivity index (χ0) is 23.9. The highest BCUT2D eigenvalue weighted by atomic mass is 16.6. The molecule has 4 atom stereocenters. The Morgan fingerprint density at radius 2 is 1.03 bits per heavy atom. The Morgan fingerprint density at radius 1 is 0.647 bits per heavy atom. The molecule has 0 N–H and O–H groups in total. The average Bonchev–Trinajstić information content (AvgIpc) is 3.45. The van der Waals surface area contributed by atoms with Crippen LogP contribution in [-0.4, -0.2) is 38.4 Å². The first-order valence-electron chi connectivity index (χ1n) is 11.6. The first-order valence-corrected chi connectivity index (χ1v) is 11.6. The number of benzene rings is 2. The molecule has 0 radical (unpaired) electrons. The van der Waals surface area contributed by atoms with Gasteiger partial charge in [-0.3, -0.25) is 0 Å². The summed E-state index contributed by atoms with van der Waals surface area (Å²) >= 11 is 0. The maximum atomic E-state index is 12.4. The molecular formula is C28H30O6. The van der Waals surface area contributed by atoms with Gasteiger partial charge in [0.05, 0.1) is 14.2 Å². The monoisotopic (exact) mass is 462 g/mol. The molecule has 6 heteroatoms. The summed E-state index contributed by atoms with van der Waals surface area (Å²) in [7, 11) is 3.23. The van der Waals surface area contributed by atoms with E-state index in [-0.39, 0.29) is 36.0 Å². The van der Waals surface area contributed by atoms with Gasteiger partial charge in [0, 0.05) is 24.0 Å². The van der Waals surface area contributed by atoms with Crippen molar-refractivity contribution in [3.05, 3.63) is 71.8 Å². The van der Waals surface area contributed by atoms with Gasteiger partial charge in [-0.05, 0) is 73.2 Å². The van der Waals surface area contributed by atoms with Crippen molar-refractivity contribution in [2.45, 2.75) is 37.9 Å². The fraction of sp³-hybridized carbons (Fsp3) is 0.357. The highest BCUT2D eigenvalue weighted by Crippen LogP contribution is 2.46. The van der Waals surface area contributed by atoms with Crippen molar-refractivity contribution >= 4 is 24.1 Å². The van der Waals surface area contributed by atoms with Crippen molar-refractivity contribution in [1.82, 2.24) is 0 Å². The zero-order valence-corrected chi connectivity index (χ0v) is 19.5. The number of hydrogen-bond acceptors (Lipinski definition) is 6. The van der Waals surface area contributed by atoms with E-state index in [2.05, 4.69) is 0 Å². The third-order valence-electron chi connectivity index (χ3n) is 6.66. The minimum absolute atomic E-state index is 0.128. The average molecular weight is 463 g/mol. The van der Waals surface area contributed by atoms with Gasteiger partial charge in [-0.2, -0.15) is 0 Å². The van der Waals surface area contributed by atoms with Crippen molar-refractivity contribution in [2.24, 2.45) is 11.8 Å². The van der Waals surface area contributed by atoms with Crippen LogP contribution >= 0.6 is 0 Å². The molecular weight excluding hydrogens is 432 g/mol. The second-order valence-electron chi connectivity index (χ2n) is 8.65. The molecule has 0 amide bonds. The molecule has 4 rings (SSSR count). The van der Waals surface area contributed by atoms with Crippen LogP contribution in [-0.2, 0) is 19.1 Å². The standard InChI is InChI=1S/C28H30O6/c1-31-21-9-3-19(4-10-21)7-17-27(29)33-25-15-13-24-23(25)14-16-26(24)34-28(30)18-8-20-5-11-22(32-2)12-6-20/h3-12,17-18,23-26H,13-16H2,1-2H3/t23-,24-,25-,26+/m0/s1. The van der Waals surface area contributed by atoms with Crippen LogP contribution in [0.1, 0.15) is 36.8 Å². The van der Waals surface area contributed by atoms with Crippen LogP contribution in [0.4, 0.5) is 0 Å². The van der Waals surface area contributed by atoms with Crippen molar-refractivity contribution in [3.8, 4) is 11.5 Å². The normalized spacial score (nSPS) is 23.7. The fourth-order valence-electron chi connectivity index (χ4n) is 4.92.